The van der Waals surface area contributed by atoms with E-state index in [1.54, 1.807) is 29.4 Å². The van der Waals surface area contributed by atoms with Gasteiger partial charge in [0.25, 0.3) is 0 Å². The molecule has 0 bridgehead atoms. The SMILES string of the molecule is CCCC(=O)N(Cc1ccc(F)cc1)[C@@H](C(=O)NCc1ccncc1)c1ccccc1. The number of benzene rings is 2. The highest BCUT2D eigenvalue weighted by Crippen LogP contribution is 2.25. The Labute approximate surface area is 181 Å². The zero-order chi connectivity index (χ0) is 22.1. The van der Waals surface area contributed by atoms with E-state index in [9.17, 15) is 14.0 Å². The summed E-state index contributed by atoms with van der Waals surface area (Å²) in [5, 5.41) is 2.95. The summed E-state index contributed by atoms with van der Waals surface area (Å²) >= 11 is 0. The number of nitrogens with zero attached hydrogens (tertiary/aromatic N) is 2. The fraction of sp³-hybridized carbons (Fsp3) is 0.240. The van der Waals surface area contributed by atoms with Gasteiger partial charge in [-0.05, 0) is 47.4 Å². The molecule has 0 aliphatic rings. The van der Waals surface area contributed by atoms with Gasteiger partial charge in [0, 0.05) is 31.9 Å². The molecule has 1 N–H and O–H groups in total. The molecule has 0 unspecified atom stereocenters. The minimum Gasteiger partial charge on any atom is -0.350 e. The van der Waals surface area contributed by atoms with Gasteiger partial charge in [0.2, 0.25) is 11.8 Å². The van der Waals surface area contributed by atoms with Crippen LogP contribution >= 0.6 is 0 Å². The Morgan fingerprint density at radius 3 is 2.29 bits per heavy atom. The van der Waals surface area contributed by atoms with Crippen LogP contribution in [-0.2, 0) is 22.7 Å². The number of halogens is 1. The summed E-state index contributed by atoms with van der Waals surface area (Å²) in [5.41, 5.74) is 2.40. The monoisotopic (exact) mass is 419 g/mol. The van der Waals surface area contributed by atoms with Crippen LogP contribution in [-0.4, -0.2) is 21.7 Å². The van der Waals surface area contributed by atoms with Crippen molar-refractivity contribution in [3.8, 4) is 0 Å². The molecule has 2 aromatic carbocycles. The van der Waals surface area contributed by atoms with E-state index < -0.39 is 6.04 Å². The quantitative estimate of drug-likeness (QED) is 0.559. The first-order valence-electron chi connectivity index (χ1n) is 10.3. The number of rotatable bonds is 9. The lowest BCUT2D eigenvalue weighted by molar-refractivity contribution is -0.141. The van der Waals surface area contributed by atoms with Crippen molar-refractivity contribution in [2.75, 3.05) is 0 Å². The second-order valence-corrected chi connectivity index (χ2v) is 7.28. The minimum absolute atomic E-state index is 0.125. The Hall–Kier alpha value is -3.54. The van der Waals surface area contributed by atoms with Crippen molar-refractivity contribution in [2.24, 2.45) is 0 Å². The Kier molecular flexibility index (Phi) is 7.87. The molecule has 2 amide bonds. The molecule has 1 atom stereocenters. The molecule has 0 saturated heterocycles. The van der Waals surface area contributed by atoms with E-state index in [1.807, 2.05) is 49.4 Å². The van der Waals surface area contributed by atoms with Crippen molar-refractivity contribution in [3.05, 3.63) is 102 Å². The predicted molar refractivity (Wildman–Crippen MR) is 117 cm³/mol. The second-order valence-electron chi connectivity index (χ2n) is 7.28. The summed E-state index contributed by atoms with van der Waals surface area (Å²) in [5.74, 6) is -0.737. The van der Waals surface area contributed by atoms with Crippen LogP contribution in [0.4, 0.5) is 4.39 Å². The molecule has 1 aromatic heterocycles. The fourth-order valence-corrected chi connectivity index (χ4v) is 3.36. The van der Waals surface area contributed by atoms with Crippen molar-refractivity contribution in [2.45, 2.75) is 38.9 Å². The van der Waals surface area contributed by atoms with E-state index in [1.165, 1.54) is 12.1 Å². The molecular formula is C25H26FN3O2. The number of nitrogens with one attached hydrogen (secondary N) is 1. The molecule has 1 heterocycles. The third kappa shape index (κ3) is 6.22. The topological polar surface area (TPSA) is 62.3 Å². The number of pyridine rings is 1. The standard InChI is InChI=1S/C25H26FN3O2/c1-2-6-23(30)29(18-20-9-11-22(26)12-10-20)24(21-7-4-3-5-8-21)25(31)28-17-19-13-15-27-16-14-19/h3-5,7-16,24H,2,6,17-18H2,1H3,(H,28,31)/t24-/m1/s1. The van der Waals surface area contributed by atoms with Gasteiger partial charge in [-0.25, -0.2) is 4.39 Å². The Bertz CT molecular complexity index is 979. The van der Waals surface area contributed by atoms with Crippen molar-refractivity contribution >= 4 is 11.8 Å². The Morgan fingerprint density at radius 1 is 0.968 bits per heavy atom. The molecular weight excluding hydrogens is 393 g/mol. The highest BCUT2D eigenvalue weighted by molar-refractivity contribution is 5.88. The highest BCUT2D eigenvalue weighted by atomic mass is 19.1. The van der Waals surface area contributed by atoms with E-state index in [-0.39, 0.29) is 24.2 Å². The number of carbonyl (C=O) groups is 2. The van der Waals surface area contributed by atoms with Crippen molar-refractivity contribution < 1.29 is 14.0 Å². The van der Waals surface area contributed by atoms with E-state index in [0.29, 0.717) is 19.4 Å². The van der Waals surface area contributed by atoms with Crippen LogP contribution < -0.4 is 5.32 Å². The molecule has 0 aliphatic heterocycles. The molecule has 0 radical (unpaired) electrons. The average Bonchev–Trinajstić information content (AvgIpc) is 2.80. The van der Waals surface area contributed by atoms with Crippen LogP contribution in [0.5, 0.6) is 0 Å². The number of aromatic nitrogens is 1. The van der Waals surface area contributed by atoms with Gasteiger partial charge in [-0.15, -0.1) is 0 Å². The van der Waals surface area contributed by atoms with Crippen LogP contribution in [0, 0.1) is 5.82 Å². The molecule has 0 fully saturated rings. The maximum atomic E-state index is 13.4. The van der Waals surface area contributed by atoms with E-state index in [2.05, 4.69) is 10.3 Å². The molecule has 160 valence electrons. The smallest absolute Gasteiger partial charge is 0.247 e. The molecule has 3 aromatic rings. The first-order valence-corrected chi connectivity index (χ1v) is 10.3. The normalized spacial score (nSPS) is 11.5. The van der Waals surface area contributed by atoms with Crippen LogP contribution in [0.3, 0.4) is 0 Å². The third-order valence-electron chi connectivity index (χ3n) is 4.94. The van der Waals surface area contributed by atoms with Gasteiger partial charge in [-0.1, -0.05) is 49.4 Å². The lowest BCUT2D eigenvalue weighted by Gasteiger charge is -2.31. The number of carbonyl (C=O) groups excluding carboxylic acids is 2. The van der Waals surface area contributed by atoms with Gasteiger partial charge in [0.05, 0.1) is 0 Å². The van der Waals surface area contributed by atoms with Gasteiger partial charge in [0.15, 0.2) is 0 Å². The average molecular weight is 420 g/mol. The van der Waals surface area contributed by atoms with Gasteiger partial charge < -0.3 is 10.2 Å². The molecule has 0 aliphatic carbocycles. The first-order chi connectivity index (χ1) is 15.1. The van der Waals surface area contributed by atoms with Crippen LogP contribution in [0.25, 0.3) is 0 Å². The van der Waals surface area contributed by atoms with Crippen molar-refractivity contribution in [3.63, 3.8) is 0 Å². The highest BCUT2D eigenvalue weighted by Gasteiger charge is 2.31. The predicted octanol–water partition coefficient (Wildman–Crippen LogP) is 4.41. The summed E-state index contributed by atoms with van der Waals surface area (Å²) in [7, 11) is 0. The van der Waals surface area contributed by atoms with Crippen LogP contribution in [0.15, 0.2) is 79.1 Å². The molecule has 3 rings (SSSR count). The zero-order valence-electron chi connectivity index (χ0n) is 17.5. The molecule has 0 spiro atoms. The first kappa shape index (κ1) is 22.2. The maximum Gasteiger partial charge on any atom is 0.247 e. The molecule has 31 heavy (non-hydrogen) atoms. The minimum atomic E-state index is -0.799. The molecule has 6 heteroatoms. The van der Waals surface area contributed by atoms with E-state index in [0.717, 1.165) is 16.7 Å². The summed E-state index contributed by atoms with van der Waals surface area (Å²) in [4.78, 5) is 32.0. The van der Waals surface area contributed by atoms with Gasteiger partial charge in [0.1, 0.15) is 11.9 Å². The molecule has 5 nitrogen and oxygen atoms in total. The number of hydrogen-bond acceptors (Lipinski definition) is 3. The lowest BCUT2D eigenvalue weighted by atomic mass is 10.0. The summed E-state index contributed by atoms with van der Waals surface area (Å²) < 4.78 is 13.4. The van der Waals surface area contributed by atoms with Crippen LogP contribution in [0.2, 0.25) is 0 Å². The maximum absolute atomic E-state index is 13.4. The van der Waals surface area contributed by atoms with E-state index >= 15 is 0 Å². The van der Waals surface area contributed by atoms with Gasteiger partial charge in [-0.2, -0.15) is 0 Å². The van der Waals surface area contributed by atoms with Gasteiger partial charge in [-0.3, -0.25) is 14.6 Å². The fourth-order valence-electron chi connectivity index (χ4n) is 3.36. The number of hydrogen-bond donors (Lipinski definition) is 1. The van der Waals surface area contributed by atoms with Crippen molar-refractivity contribution in [1.82, 2.24) is 15.2 Å². The Balaban J connectivity index is 1.91. The summed E-state index contributed by atoms with van der Waals surface area (Å²) in [6.07, 6.45) is 4.32. The summed E-state index contributed by atoms with van der Waals surface area (Å²) in [6, 6.07) is 18.1. The van der Waals surface area contributed by atoms with E-state index in [4.69, 9.17) is 0 Å². The number of amides is 2. The summed E-state index contributed by atoms with van der Waals surface area (Å²) in [6.45, 7) is 2.47. The zero-order valence-corrected chi connectivity index (χ0v) is 17.5. The third-order valence-corrected chi connectivity index (χ3v) is 4.94. The Morgan fingerprint density at radius 2 is 1.65 bits per heavy atom. The van der Waals surface area contributed by atoms with Crippen LogP contribution in [0.1, 0.15) is 42.5 Å². The van der Waals surface area contributed by atoms with Gasteiger partial charge >= 0.3 is 0 Å². The van der Waals surface area contributed by atoms with Crippen molar-refractivity contribution in [1.29, 1.82) is 0 Å². The largest absolute Gasteiger partial charge is 0.350 e. The molecule has 0 saturated carbocycles. The second kappa shape index (κ2) is 11.0. The lowest BCUT2D eigenvalue weighted by Crippen LogP contribution is -2.43.